The van der Waals surface area contributed by atoms with Crippen LogP contribution in [0.25, 0.3) is 0 Å². The van der Waals surface area contributed by atoms with Crippen LogP contribution in [0.5, 0.6) is 0 Å². The molecule has 0 rings (SSSR count). The Labute approximate surface area is 157 Å². The predicted molar refractivity (Wildman–Crippen MR) is 49.5 cm³/mol. The Balaban J connectivity index is -0.0000000213. The van der Waals surface area contributed by atoms with Crippen LogP contribution in [0.15, 0.2) is 0 Å². The van der Waals surface area contributed by atoms with E-state index < -0.39 is 15.6 Å². The van der Waals surface area contributed by atoms with Crippen LogP contribution >= 0.6 is 40.5 Å². The monoisotopic (exact) mass is 362 g/mol. The second-order valence-electron chi connectivity index (χ2n) is 0.976. The maximum atomic E-state index is 9.32. The molecule has 0 atom stereocenters. The van der Waals surface area contributed by atoms with Crippen molar-refractivity contribution in [2.75, 3.05) is 0 Å². The van der Waals surface area contributed by atoms with E-state index in [1.165, 1.54) is 0 Å². The standard InChI is InChI=1S/2Ca.2ClH.H4O7P2.2H2O/c;;;;1-8(2,3)7-9(4,5)6;;/h;;2*1H;(H2,1,2,3)(H2,4,5,6);2*1H2/q2*+2;;;;;/p-4. The van der Waals surface area contributed by atoms with Gasteiger partial charge in [-0.3, -0.25) is 0 Å². The maximum Gasteiger partial charge on any atom is 2.00 e. The third-order valence-electron chi connectivity index (χ3n) is 0.200. The zero-order valence-electron chi connectivity index (χ0n) is 6.98. The van der Waals surface area contributed by atoms with Gasteiger partial charge in [-0.05, 0) is 0 Å². The van der Waals surface area contributed by atoms with Gasteiger partial charge in [0.1, 0.15) is 0 Å². The fourth-order valence-electron chi connectivity index (χ4n) is 0.122. The van der Waals surface area contributed by atoms with Crippen molar-refractivity contribution in [2.45, 2.75) is 0 Å². The Hall–Kier alpha value is 3.28. The van der Waals surface area contributed by atoms with Crippen LogP contribution in [0.4, 0.5) is 0 Å². The van der Waals surface area contributed by atoms with Crippen molar-refractivity contribution in [1.82, 2.24) is 0 Å². The van der Waals surface area contributed by atoms with E-state index in [4.69, 9.17) is 0 Å². The van der Waals surface area contributed by atoms with Gasteiger partial charge < -0.3 is 44.0 Å². The number of halogens is 2. The minimum atomic E-state index is -5.68. The van der Waals surface area contributed by atoms with Gasteiger partial charge in [-0.25, -0.2) is 0 Å². The van der Waals surface area contributed by atoms with E-state index >= 15 is 0 Å². The second-order valence-corrected chi connectivity index (χ2v) is 3.42. The van der Waals surface area contributed by atoms with E-state index in [1.54, 1.807) is 0 Å². The molecular weight excluding hydrogens is 357 g/mol. The Morgan fingerprint density at radius 3 is 0.867 bits per heavy atom. The first-order valence-corrected chi connectivity index (χ1v) is 4.38. The third kappa shape index (κ3) is 46.8. The van der Waals surface area contributed by atoms with Gasteiger partial charge in [-0.1, -0.05) is 0 Å². The number of hydrogen-bond donors (Lipinski definition) is 0. The Kier molecular flexibility index (Phi) is 49.4. The second kappa shape index (κ2) is 17.3. The van der Waals surface area contributed by atoms with Gasteiger partial charge in [0, 0.05) is 0 Å². The quantitative estimate of drug-likeness (QED) is 0.345. The van der Waals surface area contributed by atoms with Crippen LogP contribution in [-0.4, -0.2) is 86.4 Å². The number of phosphoric acid groups is 2. The van der Waals surface area contributed by atoms with Gasteiger partial charge in [-0.15, -0.1) is 24.8 Å². The molecule has 88 valence electrons. The average Bonchev–Trinajstić information content (AvgIpc) is 1.14. The summed E-state index contributed by atoms with van der Waals surface area (Å²) in [4.78, 5) is 37.3. The topological polar surface area (TPSA) is 199 Å². The van der Waals surface area contributed by atoms with Crippen molar-refractivity contribution in [2.24, 2.45) is 0 Å². The Morgan fingerprint density at radius 2 is 0.867 bits per heavy atom. The summed E-state index contributed by atoms with van der Waals surface area (Å²) in [6.07, 6.45) is 0. The number of hydrogen-bond acceptors (Lipinski definition) is 7. The molecule has 9 nitrogen and oxygen atoms in total. The van der Waals surface area contributed by atoms with Crippen molar-refractivity contribution in [3.63, 3.8) is 0 Å². The molecule has 0 aliphatic heterocycles. The molecule has 0 saturated heterocycles. The molecule has 0 aromatic heterocycles. The number of rotatable bonds is 2. The molecule has 0 aliphatic rings. The summed E-state index contributed by atoms with van der Waals surface area (Å²) in [6, 6.07) is 0. The van der Waals surface area contributed by atoms with Crippen LogP contribution in [-0.2, 0) is 13.4 Å². The molecule has 0 saturated carbocycles. The molecule has 0 amide bonds. The SMILES string of the molecule is Cl.Cl.O.O.O=P([O-])([O-])OP(=O)([O-])[O-].[Ca+2].[Ca+2]. The fraction of sp³-hybridized carbons (Fsp3) is 0. The van der Waals surface area contributed by atoms with Crippen LogP contribution in [0, 0.1) is 0 Å². The molecule has 0 unspecified atom stereocenters. The van der Waals surface area contributed by atoms with Crippen LogP contribution in [0.2, 0.25) is 0 Å². The first-order valence-electron chi connectivity index (χ1n) is 1.46. The van der Waals surface area contributed by atoms with Gasteiger partial charge >= 0.3 is 75.5 Å². The third-order valence-corrected chi connectivity index (χ3v) is 1.80. The first kappa shape index (κ1) is 42.9. The minimum absolute atomic E-state index is 0. The van der Waals surface area contributed by atoms with E-state index in [0.29, 0.717) is 0 Å². The van der Waals surface area contributed by atoms with Crippen molar-refractivity contribution < 1.29 is 44.0 Å². The average molecular weight is 363 g/mol. The fourth-order valence-corrected chi connectivity index (χ4v) is 1.10. The molecule has 15 heteroatoms. The molecular formula is H6Ca2Cl2O9P2. The van der Waals surface area contributed by atoms with Gasteiger partial charge in [-0.2, -0.15) is 0 Å². The first-order chi connectivity index (χ1) is 3.71. The summed E-state index contributed by atoms with van der Waals surface area (Å²) in [5.74, 6) is 0. The smallest absolute Gasteiger partial charge is 0.790 e. The van der Waals surface area contributed by atoms with Gasteiger partial charge in [0.25, 0.3) is 0 Å². The van der Waals surface area contributed by atoms with E-state index in [9.17, 15) is 28.7 Å². The zero-order chi connectivity index (χ0) is 7.71. The normalized spacial score (nSPS) is 8.27. The molecule has 0 aliphatic carbocycles. The summed E-state index contributed by atoms with van der Waals surface area (Å²) in [5.41, 5.74) is 0. The molecule has 0 aromatic rings. The Morgan fingerprint density at radius 1 is 0.733 bits per heavy atom. The predicted octanol–water partition coefficient (Wildman–Crippen LogP) is -4.91. The molecule has 0 aromatic carbocycles. The Bertz CT molecular complexity index is 165. The van der Waals surface area contributed by atoms with Crippen molar-refractivity contribution in [3.8, 4) is 0 Å². The van der Waals surface area contributed by atoms with Gasteiger partial charge in [0.2, 0.25) is 0 Å². The summed E-state index contributed by atoms with van der Waals surface area (Å²) in [7, 11) is -11.4. The van der Waals surface area contributed by atoms with Crippen LogP contribution < -0.4 is 19.6 Å². The van der Waals surface area contributed by atoms with E-state index in [1.807, 2.05) is 0 Å². The van der Waals surface area contributed by atoms with Crippen LogP contribution in [0.1, 0.15) is 0 Å². The molecule has 0 bridgehead atoms. The van der Waals surface area contributed by atoms with E-state index in [-0.39, 0.29) is 111 Å². The molecule has 0 radical (unpaired) electrons. The maximum absolute atomic E-state index is 9.32. The largest absolute Gasteiger partial charge is 2.00 e. The summed E-state index contributed by atoms with van der Waals surface area (Å²) < 4.78 is 21.2. The van der Waals surface area contributed by atoms with Crippen molar-refractivity contribution >= 4 is 116 Å². The molecule has 15 heavy (non-hydrogen) atoms. The summed E-state index contributed by atoms with van der Waals surface area (Å²) >= 11 is 0. The van der Waals surface area contributed by atoms with Crippen molar-refractivity contribution in [1.29, 1.82) is 0 Å². The molecule has 0 fully saturated rings. The molecule has 0 heterocycles. The van der Waals surface area contributed by atoms with Crippen LogP contribution in [0.3, 0.4) is 0 Å². The van der Waals surface area contributed by atoms with E-state index in [0.717, 1.165) is 0 Å². The summed E-state index contributed by atoms with van der Waals surface area (Å²) in [6.45, 7) is 0. The minimum Gasteiger partial charge on any atom is -0.790 e. The molecule has 0 spiro atoms. The van der Waals surface area contributed by atoms with Gasteiger partial charge in [0.15, 0.2) is 0 Å². The summed E-state index contributed by atoms with van der Waals surface area (Å²) in [5, 5.41) is 0. The zero-order valence-corrected chi connectivity index (χ0v) is 14.8. The molecule has 4 N–H and O–H groups in total. The van der Waals surface area contributed by atoms with Crippen molar-refractivity contribution in [3.05, 3.63) is 0 Å². The van der Waals surface area contributed by atoms with E-state index in [2.05, 4.69) is 4.31 Å². The van der Waals surface area contributed by atoms with Gasteiger partial charge in [0.05, 0.1) is 15.6 Å².